The fourth-order valence-corrected chi connectivity index (χ4v) is 7.30. The normalized spacial score (nSPS) is 13.3. The van der Waals surface area contributed by atoms with Gasteiger partial charge in [-0.15, -0.1) is 0 Å². The van der Waals surface area contributed by atoms with Crippen LogP contribution in [0.5, 0.6) is 11.5 Å². The molecule has 0 spiro atoms. The van der Waals surface area contributed by atoms with Gasteiger partial charge in [-0.3, -0.25) is 0 Å². The minimum absolute atomic E-state index is 0.0762. The van der Waals surface area contributed by atoms with Gasteiger partial charge in [0.15, 0.2) is 7.28 Å². The maximum atomic E-state index is 6.61. The van der Waals surface area contributed by atoms with Crippen molar-refractivity contribution in [1.82, 2.24) is 0 Å². The van der Waals surface area contributed by atoms with E-state index in [1.807, 2.05) is 0 Å². The Hall–Kier alpha value is -4.17. The lowest BCUT2D eigenvalue weighted by Gasteiger charge is -2.37. The molecule has 2 aliphatic heterocycles. The predicted octanol–water partition coefficient (Wildman–Crippen LogP) is 7.58. The molecule has 0 aromatic heterocycles. The molecule has 2 aliphatic rings. The van der Waals surface area contributed by atoms with Crippen LogP contribution in [0.4, 0.5) is 17.1 Å². The first-order valence-corrected chi connectivity index (χ1v) is 16.6. The quantitative estimate of drug-likeness (QED) is 0.194. The minimum Gasteiger partial charge on any atom is -0.458 e. The van der Waals surface area contributed by atoms with Crippen LogP contribution in [0.3, 0.4) is 0 Å². The van der Waals surface area contributed by atoms with Gasteiger partial charge in [0.1, 0.15) is 11.5 Å². The Balaban J connectivity index is 1.49. The maximum absolute atomic E-state index is 6.61. The molecule has 5 aromatic rings. The van der Waals surface area contributed by atoms with Gasteiger partial charge in [-0.05, 0) is 119 Å². The number of aryl methyl sites for hydroxylation is 4. The molecule has 229 valence electrons. The molecular weight excluding hydrogens is 556 g/mol. The number of hydrogen-bond donors (Lipinski definition) is 0. The lowest BCUT2D eigenvalue weighted by atomic mass is 9.27. The molecule has 0 unspecified atom stereocenters. The SMILES string of the molecule is Cc1ccc2c(c1)Oc1cc(C)cc3c1B2c1cc(C)cc(N(c2ccc(C(C)(C)C)cc2)c2ccc(C(C)(C)C)cc2C)c1[B]3. The Bertz CT molecular complexity index is 2010. The Kier molecular flexibility index (Phi) is 7.09. The Morgan fingerprint density at radius 2 is 1.24 bits per heavy atom. The van der Waals surface area contributed by atoms with Crippen LogP contribution in [-0.4, -0.2) is 14.0 Å². The lowest BCUT2D eigenvalue weighted by molar-refractivity contribution is 0.487. The van der Waals surface area contributed by atoms with Gasteiger partial charge in [0, 0.05) is 17.1 Å². The van der Waals surface area contributed by atoms with E-state index in [0.29, 0.717) is 0 Å². The van der Waals surface area contributed by atoms with Crippen LogP contribution < -0.4 is 37.0 Å². The summed E-state index contributed by atoms with van der Waals surface area (Å²) in [6.45, 7) is 22.6. The van der Waals surface area contributed by atoms with E-state index in [0.717, 1.165) is 11.5 Å². The van der Waals surface area contributed by atoms with Crippen molar-refractivity contribution in [2.24, 2.45) is 0 Å². The summed E-state index contributed by atoms with van der Waals surface area (Å²) in [6, 6.07) is 32.2. The Morgan fingerprint density at radius 3 is 1.91 bits per heavy atom. The van der Waals surface area contributed by atoms with E-state index in [4.69, 9.17) is 4.74 Å². The monoisotopic (exact) mass is 600 g/mol. The number of nitrogens with zero attached hydrogens (tertiary/aromatic N) is 1. The number of hydrogen-bond acceptors (Lipinski definition) is 2. The van der Waals surface area contributed by atoms with E-state index in [1.165, 1.54) is 77.8 Å². The van der Waals surface area contributed by atoms with Crippen molar-refractivity contribution in [3.05, 3.63) is 118 Å². The summed E-state index contributed by atoms with van der Waals surface area (Å²) in [4.78, 5) is 2.49. The fourth-order valence-electron chi connectivity index (χ4n) is 7.30. The van der Waals surface area contributed by atoms with Crippen molar-refractivity contribution >= 4 is 58.4 Å². The van der Waals surface area contributed by atoms with Crippen molar-refractivity contribution in [3.63, 3.8) is 0 Å². The second kappa shape index (κ2) is 10.7. The fraction of sp³-hybridized carbons (Fsp3) is 0.286. The van der Waals surface area contributed by atoms with Gasteiger partial charge in [0.2, 0.25) is 6.71 Å². The second-order valence-corrected chi connectivity index (χ2v) is 15.7. The standard InChI is InChI=1S/C42H44B2NO/c1-25-11-17-33-37(22-25)46-38-23-26(2)19-32-40(38)44(33)34-20-27(3)21-36(39(34)43-32)45(31-15-12-29(13-16-31)41(5,6)7)35-18-14-30(24-28(35)4)42(8,9)10/h11-24H,1-10H3. The molecule has 0 saturated heterocycles. The average molecular weight is 600 g/mol. The van der Waals surface area contributed by atoms with Gasteiger partial charge in [-0.25, -0.2) is 0 Å². The highest BCUT2D eigenvalue weighted by atomic mass is 16.5. The molecule has 7 rings (SSSR count). The van der Waals surface area contributed by atoms with Crippen molar-refractivity contribution in [2.75, 3.05) is 4.90 Å². The Labute approximate surface area is 277 Å². The zero-order valence-electron chi connectivity index (χ0n) is 29.1. The molecule has 0 N–H and O–H groups in total. The van der Waals surface area contributed by atoms with Gasteiger partial charge in [0.05, 0.1) is 0 Å². The van der Waals surface area contributed by atoms with Crippen LogP contribution in [0.15, 0.2) is 84.9 Å². The minimum atomic E-state index is 0.0762. The van der Waals surface area contributed by atoms with Crippen molar-refractivity contribution < 1.29 is 4.74 Å². The molecule has 1 radical (unpaired) electrons. The van der Waals surface area contributed by atoms with Gasteiger partial charge in [-0.1, -0.05) is 106 Å². The van der Waals surface area contributed by atoms with Gasteiger partial charge in [-0.2, -0.15) is 0 Å². The largest absolute Gasteiger partial charge is 0.458 e. The zero-order chi connectivity index (χ0) is 32.7. The van der Waals surface area contributed by atoms with E-state index in [9.17, 15) is 0 Å². The van der Waals surface area contributed by atoms with Crippen LogP contribution in [0.1, 0.15) is 74.9 Å². The van der Waals surface area contributed by atoms with Gasteiger partial charge < -0.3 is 9.64 Å². The highest BCUT2D eigenvalue weighted by Gasteiger charge is 2.40. The number of anilines is 3. The number of ether oxygens (including phenoxy) is 1. The van der Waals surface area contributed by atoms with Gasteiger partial charge in [0.25, 0.3) is 0 Å². The molecule has 46 heavy (non-hydrogen) atoms. The van der Waals surface area contributed by atoms with Crippen molar-refractivity contribution in [2.45, 2.75) is 80.1 Å². The molecule has 2 heterocycles. The number of fused-ring (bicyclic) bond motifs is 4. The summed E-state index contributed by atoms with van der Waals surface area (Å²) in [5.74, 6) is 1.94. The number of benzene rings is 5. The highest BCUT2D eigenvalue weighted by molar-refractivity contribution is 7.05. The second-order valence-electron chi connectivity index (χ2n) is 15.7. The van der Waals surface area contributed by atoms with Gasteiger partial charge >= 0.3 is 0 Å². The summed E-state index contributed by atoms with van der Waals surface area (Å²) >= 11 is 0. The van der Waals surface area contributed by atoms with E-state index >= 15 is 0 Å². The molecular formula is C42H44B2NO. The summed E-state index contributed by atoms with van der Waals surface area (Å²) in [6.07, 6.45) is 0. The van der Waals surface area contributed by atoms with Crippen LogP contribution >= 0.6 is 0 Å². The van der Waals surface area contributed by atoms with Crippen LogP contribution in [0.2, 0.25) is 0 Å². The van der Waals surface area contributed by atoms with Crippen molar-refractivity contribution in [1.29, 1.82) is 0 Å². The maximum Gasteiger partial charge on any atom is 0.249 e. The van der Waals surface area contributed by atoms with Crippen LogP contribution in [0.25, 0.3) is 0 Å². The first-order chi connectivity index (χ1) is 21.7. The molecule has 0 bridgehead atoms. The lowest BCUT2D eigenvalue weighted by Crippen LogP contribution is -2.70. The summed E-state index contributed by atoms with van der Waals surface area (Å²) in [7, 11) is 2.41. The molecule has 0 saturated carbocycles. The molecule has 4 heteroatoms. The van der Waals surface area contributed by atoms with Crippen LogP contribution in [-0.2, 0) is 10.8 Å². The topological polar surface area (TPSA) is 12.5 Å². The number of rotatable bonds is 3. The molecule has 5 aromatic carbocycles. The first kappa shape index (κ1) is 30.5. The summed E-state index contributed by atoms with van der Waals surface area (Å²) in [5.41, 5.74) is 17.7. The molecule has 0 fully saturated rings. The van der Waals surface area contributed by atoms with Crippen LogP contribution in [0, 0.1) is 27.7 Å². The third-order valence-corrected chi connectivity index (χ3v) is 9.79. The zero-order valence-corrected chi connectivity index (χ0v) is 29.1. The van der Waals surface area contributed by atoms with Crippen molar-refractivity contribution in [3.8, 4) is 11.5 Å². The van der Waals surface area contributed by atoms with E-state index in [2.05, 4.69) is 166 Å². The summed E-state index contributed by atoms with van der Waals surface area (Å²) < 4.78 is 6.61. The Morgan fingerprint density at radius 1 is 0.587 bits per heavy atom. The summed E-state index contributed by atoms with van der Waals surface area (Å²) in [5, 5.41) is 0. The first-order valence-electron chi connectivity index (χ1n) is 16.6. The van der Waals surface area contributed by atoms with E-state index in [1.54, 1.807) is 0 Å². The third kappa shape index (κ3) is 5.16. The van der Waals surface area contributed by atoms with E-state index in [-0.39, 0.29) is 17.5 Å². The molecule has 0 aliphatic carbocycles. The molecule has 2 nitrogen and oxygen atoms in total. The highest BCUT2D eigenvalue weighted by Crippen LogP contribution is 2.39. The third-order valence-electron chi connectivity index (χ3n) is 9.79. The smallest absolute Gasteiger partial charge is 0.249 e. The predicted molar refractivity (Wildman–Crippen MR) is 200 cm³/mol. The average Bonchev–Trinajstić information content (AvgIpc) is 2.97. The molecule has 0 atom stereocenters. The van der Waals surface area contributed by atoms with E-state index < -0.39 is 0 Å². The molecule has 0 amide bonds.